The van der Waals surface area contributed by atoms with Crippen molar-refractivity contribution in [1.82, 2.24) is 25.0 Å². The third-order valence-electron chi connectivity index (χ3n) is 5.20. The number of nitrogens with two attached hydrogens (primary N) is 1. The van der Waals surface area contributed by atoms with Crippen molar-refractivity contribution in [1.29, 1.82) is 0 Å². The number of amides is 3. The summed E-state index contributed by atoms with van der Waals surface area (Å²) in [6.45, 7) is 0.186. The van der Waals surface area contributed by atoms with E-state index < -0.39 is 17.8 Å². The number of aromatic nitrogens is 3. The van der Waals surface area contributed by atoms with Gasteiger partial charge in [0.25, 0.3) is 5.91 Å². The van der Waals surface area contributed by atoms with Gasteiger partial charge in [-0.2, -0.15) is 5.10 Å². The van der Waals surface area contributed by atoms with Crippen LogP contribution in [0.5, 0.6) is 0 Å². The van der Waals surface area contributed by atoms with Crippen LogP contribution in [0.2, 0.25) is 5.02 Å². The average Bonchev–Trinajstić information content (AvgIpc) is 3.07. The monoisotopic (exact) mass is 444 g/mol. The van der Waals surface area contributed by atoms with Gasteiger partial charge in [-0.15, -0.1) is 0 Å². The van der Waals surface area contributed by atoms with E-state index in [1.54, 1.807) is 12.1 Å². The Morgan fingerprint density at radius 3 is 2.81 bits per heavy atom. The number of nitrogens with zero attached hydrogens (tertiary/aromatic N) is 4. The Morgan fingerprint density at radius 1 is 1.29 bits per heavy atom. The van der Waals surface area contributed by atoms with Gasteiger partial charge in [0, 0.05) is 30.2 Å². The molecule has 0 saturated carbocycles. The molecule has 4 rings (SSSR count). The number of primary amides is 1. The van der Waals surface area contributed by atoms with Gasteiger partial charge < -0.3 is 16.0 Å². The third kappa shape index (κ3) is 3.93. The number of fused-ring (bicyclic) bond motifs is 1. The first-order valence-electron chi connectivity index (χ1n) is 9.47. The molecule has 1 saturated heterocycles. The molecule has 0 unspecified atom stereocenters. The number of hydrogen-bond donors (Lipinski definition) is 2. The van der Waals surface area contributed by atoms with Gasteiger partial charge in [0.05, 0.1) is 16.7 Å². The Morgan fingerprint density at radius 2 is 2.10 bits per heavy atom. The van der Waals surface area contributed by atoms with E-state index in [0.717, 1.165) is 0 Å². The molecule has 9 nitrogen and oxygen atoms in total. The Hall–Kier alpha value is -3.53. The molecule has 3 aromatic rings. The summed E-state index contributed by atoms with van der Waals surface area (Å²) in [5, 5.41) is 7.25. The van der Waals surface area contributed by atoms with E-state index in [-0.39, 0.29) is 41.2 Å². The molecule has 2 aromatic heterocycles. The van der Waals surface area contributed by atoms with Crippen LogP contribution in [0.1, 0.15) is 22.5 Å². The molecule has 11 heteroatoms. The lowest BCUT2D eigenvalue weighted by atomic mass is 10.0. The molecule has 3 heterocycles. The van der Waals surface area contributed by atoms with Crippen LogP contribution in [0.4, 0.5) is 4.39 Å². The standard InChI is InChI=1S/C20H18ClFN6O3/c21-13-3-1-2-11(17(13)22)8-25-20(31)14-5-7-27(14)16(29)10-28-15-9-24-6-4-12(15)18(26-28)19(23)30/h1-4,6,9,14H,5,7-8,10H2,(H2,23,30)(H,25,31)/t14-/m0/s1. The van der Waals surface area contributed by atoms with Crippen molar-refractivity contribution in [2.75, 3.05) is 6.54 Å². The number of halogens is 2. The first kappa shape index (κ1) is 20.7. The summed E-state index contributed by atoms with van der Waals surface area (Å²) in [5.41, 5.74) is 6.16. The van der Waals surface area contributed by atoms with E-state index in [4.69, 9.17) is 17.3 Å². The minimum atomic E-state index is -0.711. The molecular weight excluding hydrogens is 427 g/mol. The number of rotatable bonds is 6. The third-order valence-corrected chi connectivity index (χ3v) is 5.49. The molecule has 3 N–H and O–H groups in total. The summed E-state index contributed by atoms with van der Waals surface area (Å²) >= 11 is 5.75. The zero-order chi connectivity index (χ0) is 22.1. The van der Waals surface area contributed by atoms with Crippen LogP contribution in [0.3, 0.4) is 0 Å². The second kappa shape index (κ2) is 8.31. The minimum absolute atomic E-state index is 0.0246. The number of likely N-dealkylation sites (tertiary alicyclic amines) is 1. The van der Waals surface area contributed by atoms with Gasteiger partial charge in [0.1, 0.15) is 18.4 Å². The number of hydrogen-bond acceptors (Lipinski definition) is 5. The fourth-order valence-corrected chi connectivity index (χ4v) is 3.68. The topological polar surface area (TPSA) is 123 Å². The second-order valence-electron chi connectivity index (χ2n) is 7.09. The summed E-state index contributed by atoms with van der Waals surface area (Å²) in [6.07, 6.45) is 3.48. The van der Waals surface area contributed by atoms with E-state index in [0.29, 0.717) is 23.9 Å². The maximum Gasteiger partial charge on any atom is 0.269 e. The predicted octanol–water partition coefficient (Wildman–Crippen LogP) is 1.24. The SMILES string of the molecule is NC(=O)c1nn(CC(=O)N2CC[C@H]2C(=O)NCc2cccc(Cl)c2F)c2cnccc12. The number of benzene rings is 1. The van der Waals surface area contributed by atoms with Crippen molar-refractivity contribution >= 4 is 40.2 Å². The van der Waals surface area contributed by atoms with Gasteiger partial charge in [0.2, 0.25) is 11.8 Å². The number of pyridine rings is 1. The first-order chi connectivity index (χ1) is 14.9. The highest BCUT2D eigenvalue weighted by Crippen LogP contribution is 2.22. The van der Waals surface area contributed by atoms with Crippen molar-refractivity contribution in [3.8, 4) is 0 Å². The fraction of sp³-hybridized carbons (Fsp3) is 0.250. The Kier molecular flexibility index (Phi) is 5.55. The molecule has 31 heavy (non-hydrogen) atoms. The predicted molar refractivity (Wildman–Crippen MR) is 109 cm³/mol. The number of carbonyl (C=O) groups is 3. The van der Waals surface area contributed by atoms with Gasteiger partial charge >= 0.3 is 0 Å². The lowest BCUT2D eigenvalue weighted by Crippen LogP contribution is -2.58. The molecule has 0 aliphatic carbocycles. The summed E-state index contributed by atoms with van der Waals surface area (Å²) in [6, 6.07) is 5.48. The number of nitrogens with one attached hydrogen (secondary N) is 1. The van der Waals surface area contributed by atoms with Crippen LogP contribution in [-0.2, 0) is 22.7 Å². The molecular formula is C20H18ClFN6O3. The molecule has 0 bridgehead atoms. The van der Waals surface area contributed by atoms with Crippen LogP contribution in [0.25, 0.3) is 10.9 Å². The van der Waals surface area contributed by atoms with Crippen LogP contribution < -0.4 is 11.1 Å². The molecule has 1 fully saturated rings. The van der Waals surface area contributed by atoms with Crippen LogP contribution in [-0.4, -0.2) is 50.0 Å². The van der Waals surface area contributed by atoms with Crippen molar-refractivity contribution in [2.24, 2.45) is 5.73 Å². The maximum absolute atomic E-state index is 14.0. The summed E-state index contributed by atoms with van der Waals surface area (Å²) < 4.78 is 15.3. The summed E-state index contributed by atoms with van der Waals surface area (Å²) in [7, 11) is 0. The Balaban J connectivity index is 1.43. The van der Waals surface area contributed by atoms with Gasteiger partial charge in [-0.1, -0.05) is 23.7 Å². The first-order valence-corrected chi connectivity index (χ1v) is 9.85. The van der Waals surface area contributed by atoms with E-state index in [9.17, 15) is 18.8 Å². The number of carbonyl (C=O) groups excluding carboxylic acids is 3. The maximum atomic E-state index is 14.0. The molecule has 3 amide bonds. The van der Waals surface area contributed by atoms with Crippen molar-refractivity contribution in [3.05, 3.63) is 58.8 Å². The van der Waals surface area contributed by atoms with Crippen LogP contribution in [0, 0.1) is 5.82 Å². The molecule has 1 atom stereocenters. The smallest absolute Gasteiger partial charge is 0.269 e. The van der Waals surface area contributed by atoms with Gasteiger partial charge in [-0.25, -0.2) is 4.39 Å². The minimum Gasteiger partial charge on any atom is -0.364 e. The van der Waals surface area contributed by atoms with Gasteiger partial charge in [0.15, 0.2) is 5.69 Å². The van der Waals surface area contributed by atoms with E-state index >= 15 is 0 Å². The van der Waals surface area contributed by atoms with Gasteiger partial charge in [-0.3, -0.25) is 24.0 Å². The van der Waals surface area contributed by atoms with E-state index in [2.05, 4.69) is 15.4 Å². The largest absolute Gasteiger partial charge is 0.364 e. The summed E-state index contributed by atoms with van der Waals surface area (Å²) in [4.78, 5) is 42.3. The molecule has 0 spiro atoms. The lowest BCUT2D eigenvalue weighted by molar-refractivity contribution is -0.148. The average molecular weight is 445 g/mol. The van der Waals surface area contributed by atoms with E-state index in [1.807, 2.05) is 0 Å². The Bertz CT molecular complexity index is 1200. The normalized spacial score (nSPS) is 15.5. The molecule has 1 aliphatic rings. The van der Waals surface area contributed by atoms with Crippen molar-refractivity contribution < 1.29 is 18.8 Å². The van der Waals surface area contributed by atoms with Crippen LogP contribution >= 0.6 is 11.6 Å². The highest BCUT2D eigenvalue weighted by molar-refractivity contribution is 6.30. The van der Waals surface area contributed by atoms with Crippen LogP contribution in [0.15, 0.2) is 36.7 Å². The fourth-order valence-electron chi connectivity index (χ4n) is 3.49. The molecule has 0 radical (unpaired) electrons. The Labute approximate surface area is 181 Å². The summed E-state index contributed by atoms with van der Waals surface area (Å²) in [5.74, 6) is -2.03. The highest BCUT2D eigenvalue weighted by atomic mass is 35.5. The van der Waals surface area contributed by atoms with Crippen molar-refractivity contribution in [3.63, 3.8) is 0 Å². The zero-order valence-electron chi connectivity index (χ0n) is 16.2. The molecule has 160 valence electrons. The molecule has 1 aliphatic heterocycles. The lowest BCUT2D eigenvalue weighted by Gasteiger charge is -2.39. The molecule has 1 aromatic carbocycles. The highest BCUT2D eigenvalue weighted by Gasteiger charge is 2.37. The van der Waals surface area contributed by atoms with Gasteiger partial charge in [-0.05, 0) is 18.6 Å². The second-order valence-corrected chi connectivity index (χ2v) is 7.49. The van der Waals surface area contributed by atoms with E-state index in [1.165, 1.54) is 34.1 Å². The zero-order valence-corrected chi connectivity index (χ0v) is 17.0. The quantitative estimate of drug-likeness (QED) is 0.592. The van der Waals surface area contributed by atoms with Crippen molar-refractivity contribution in [2.45, 2.75) is 25.6 Å².